The summed E-state index contributed by atoms with van der Waals surface area (Å²) in [6, 6.07) is 1.85. The fraction of sp³-hybridized carbons (Fsp3) is 0.385. The lowest BCUT2D eigenvalue weighted by molar-refractivity contribution is -0.116. The molecule has 0 aliphatic heterocycles. The Bertz CT molecular complexity index is 535. The Labute approximate surface area is 164 Å². The van der Waals surface area contributed by atoms with Crippen LogP contribution in [0.5, 0.6) is 0 Å². The van der Waals surface area contributed by atoms with E-state index >= 15 is 0 Å². The second kappa shape index (κ2) is 9.09. The number of benzene rings is 1. The normalized spacial score (nSPS) is 10.4. The minimum atomic E-state index is -0.503. The summed E-state index contributed by atoms with van der Waals surface area (Å²) >= 11 is 11.9. The molecular weight excluding hydrogens is 618 g/mol. The van der Waals surface area contributed by atoms with E-state index in [-0.39, 0.29) is 5.91 Å². The fourth-order valence-corrected chi connectivity index (χ4v) is 6.27. The minimum Gasteiger partial charge on any atom is -0.324 e. The number of nitrogens with one attached hydrogen (secondary N) is 1. The molecule has 1 aromatic rings. The number of amides is 1. The zero-order valence-corrected chi connectivity index (χ0v) is 18.0. The van der Waals surface area contributed by atoms with Crippen molar-refractivity contribution in [2.75, 3.05) is 5.32 Å². The van der Waals surface area contributed by atoms with E-state index in [9.17, 15) is 9.59 Å². The fourth-order valence-electron chi connectivity index (χ4n) is 1.62. The van der Waals surface area contributed by atoms with Crippen molar-refractivity contribution in [2.24, 2.45) is 0 Å². The molecule has 3 nitrogen and oxygen atoms in total. The summed E-state index contributed by atoms with van der Waals surface area (Å²) in [5, 5.41) is 2.39. The molecule has 0 bridgehead atoms. The molecule has 0 unspecified atom stereocenters. The molecule has 0 atom stereocenters. The van der Waals surface area contributed by atoms with Crippen molar-refractivity contribution < 1.29 is 9.59 Å². The SMILES string of the molecule is CCCCCC(=O)Nc1c(I)cc(I)c(C(=O)Cl)c1I. The van der Waals surface area contributed by atoms with E-state index < -0.39 is 5.24 Å². The molecule has 110 valence electrons. The number of hydrogen-bond donors (Lipinski definition) is 1. The predicted molar refractivity (Wildman–Crippen MR) is 108 cm³/mol. The maximum absolute atomic E-state index is 11.9. The third-order valence-corrected chi connectivity index (χ3v) is 5.61. The van der Waals surface area contributed by atoms with Gasteiger partial charge in [0, 0.05) is 13.6 Å². The van der Waals surface area contributed by atoms with Crippen molar-refractivity contribution in [3.05, 3.63) is 22.3 Å². The Balaban J connectivity index is 2.98. The molecule has 0 aromatic heterocycles. The monoisotopic (exact) mass is 631 g/mol. The van der Waals surface area contributed by atoms with Gasteiger partial charge in [-0.2, -0.15) is 0 Å². The van der Waals surface area contributed by atoms with E-state index in [0.29, 0.717) is 21.2 Å². The first-order valence-corrected chi connectivity index (χ1v) is 9.67. The van der Waals surface area contributed by atoms with Gasteiger partial charge in [-0.05, 0) is 91.9 Å². The van der Waals surface area contributed by atoms with Crippen LogP contribution in [-0.4, -0.2) is 11.1 Å². The highest BCUT2D eigenvalue weighted by Crippen LogP contribution is 2.32. The van der Waals surface area contributed by atoms with E-state index in [1.165, 1.54) is 0 Å². The summed E-state index contributed by atoms with van der Waals surface area (Å²) in [5.41, 5.74) is 1.13. The van der Waals surface area contributed by atoms with Gasteiger partial charge in [-0.25, -0.2) is 0 Å². The van der Waals surface area contributed by atoms with E-state index in [0.717, 1.165) is 26.4 Å². The third kappa shape index (κ3) is 5.24. The van der Waals surface area contributed by atoms with Gasteiger partial charge in [0.15, 0.2) is 0 Å². The average Bonchev–Trinajstić information content (AvgIpc) is 2.34. The van der Waals surface area contributed by atoms with Crippen LogP contribution < -0.4 is 5.32 Å². The van der Waals surface area contributed by atoms with Crippen LogP contribution in [0.4, 0.5) is 5.69 Å². The molecule has 1 rings (SSSR count). The number of anilines is 1. The van der Waals surface area contributed by atoms with Crippen LogP contribution in [0.15, 0.2) is 6.07 Å². The van der Waals surface area contributed by atoms with Crippen molar-refractivity contribution >= 4 is 96.2 Å². The van der Waals surface area contributed by atoms with Crippen LogP contribution >= 0.6 is 79.4 Å². The van der Waals surface area contributed by atoms with Gasteiger partial charge in [-0.3, -0.25) is 9.59 Å². The van der Waals surface area contributed by atoms with Gasteiger partial charge >= 0.3 is 0 Å². The number of unbranched alkanes of at least 4 members (excludes halogenated alkanes) is 2. The topological polar surface area (TPSA) is 46.2 Å². The van der Waals surface area contributed by atoms with Gasteiger partial charge in [0.1, 0.15) is 0 Å². The van der Waals surface area contributed by atoms with Crippen molar-refractivity contribution in [1.82, 2.24) is 0 Å². The second-order valence-electron chi connectivity index (χ2n) is 4.18. The molecular formula is C13H13ClI3NO2. The molecule has 7 heteroatoms. The Kier molecular flexibility index (Phi) is 8.58. The number of hydrogen-bond acceptors (Lipinski definition) is 2. The highest BCUT2D eigenvalue weighted by Gasteiger charge is 2.19. The quantitative estimate of drug-likeness (QED) is 0.260. The highest BCUT2D eigenvalue weighted by molar-refractivity contribution is 14.1. The van der Waals surface area contributed by atoms with E-state index in [1.807, 2.05) is 6.07 Å². The number of carbonyl (C=O) groups excluding carboxylic acids is 2. The third-order valence-electron chi connectivity index (χ3n) is 2.64. The molecule has 0 saturated carbocycles. The minimum absolute atomic E-state index is 0.0246. The predicted octanol–water partition coefficient (Wildman–Crippen LogP) is 5.40. The first-order valence-electron chi connectivity index (χ1n) is 6.05. The lowest BCUT2D eigenvalue weighted by Gasteiger charge is -2.13. The van der Waals surface area contributed by atoms with Gasteiger partial charge in [0.05, 0.1) is 14.8 Å². The van der Waals surface area contributed by atoms with Crippen molar-refractivity contribution in [3.8, 4) is 0 Å². The summed E-state index contributed by atoms with van der Waals surface area (Å²) in [6.45, 7) is 2.10. The lowest BCUT2D eigenvalue weighted by Crippen LogP contribution is -2.15. The first-order chi connectivity index (χ1) is 9.38. The Morgan fingerprint density at radius 2 is 1.85 bits per heavy atom. The van der Waals surface area contributed by atoms with Crippen LogP contribution in [0.3, 0.4) is 0 Å². The molecule has 0 radical (unpaired) electrons. The first kappa shape index (κ1) is 18.9. The molecule has 0 spiro atoms. The largest absolute Gasteiger partial charge is 0.324 e. The number of carbonyl (C=O) groups is 2. The van der Waals surface area contributed by atoms with Crippen LogP contribution in [0.2, 0.25) is 0 Å². The van der Waals surface area contributed by atoms with E-state index in [2.05, 4.69) is 80.0 Å². The summed E-state index contributed by atoms with van der Waals surface area (Å²) < 4.78 is 2.39. The zero-order chi connectivity index (χ0) is 15.3. The van der Waals surface area contributed by atoms with Crippen LogP contribution in [0, 0.1) is 10.7 Å². The summed E-state index contributed by atoms with van der Waals surface area (Å²) in [5.74, 6) is -0.0246. The van der Waals surface area contributed by atoms with E-state index in [1.54, 1.807) is 0 Å². The maximum atomic E-state index is 11.9. The Morgan fingerprint density at radius 3 is 2.40 bits per heavy atom. The lowest BCUT2D eigenvalue weighted by atomic mass is 10.2. The van der Waals surface area contributed by atoms with E-state index in [4.69, 9.17) is 11.6 Å². The van der Waals surface area contributed by atoms with Gasteiger partial charge in [0.2, 0.25) is 5.91 Å². The maximum Gasteiger partial charge on any atom is 0.254 e. The van der Waals surface area contributed by atoms with Crippen molar-refractivity contribution in [1.29, 1.82) is 0 Å². The summed E-state index contributed by atoms with van der Waals surface area (Å²) in [4.78, 5) is 23.4. The van der Waals surface area contributed by atoms with Crippen molar-refractivity contribution in [2.45, 2.75) is 32.6 Å². The summed E-state index contributed by atoms with van der Waals surface area (Å²) in [6.07, 6.45) is 3.49. The van der Waals surface area contributed by atoms with Gasteiger partial charge in [0.25, 0.3) is 5.24 Å². The second-order valence-corrected chi connectivity index (χ2v) is 7.93. The number of rotatable bonds is 6. The Hall–Kier alpha value is 0.840. The molecule has 1 aromatic carbocycles. The molecule has 0 fully saturated rings. The molecule has 0 aliphatic carbocycles. The van der Waals surface area contributed by atoms with Crippen LogP contribution in [0.1, 0.15) is 43.0 Å². The standard InChI is InChI=1S/C13H13ClI3NO2/c1-2-3-4-5-9(19)18-12-8(16)6-7(15)10(11(12)17)13(14)20/h6H,2-5H2,1H3,(H,18,19). The van der Waals surface area contributed by atoms with Gasteiger partial charge in [-0.15, -0.1) is 0 Å². The van der Waals surface area contributed by atoms with Gasteiger partial charge in [-0.1, -0.05) is 19.8 Å². The molecule has 0 saturated heterocycles. The van der Waals surface area contributed by atoms with Crippen LogP contribution in [-0.2, 0) is 4.79 Å². The highest BCUT2D eigenvalue weighted by atomic mass is 127. The zero-order valence-electron chi connectivity index (χ0n) is 10.7. The van der Waals surface area contributed by atoms with Gasteiger partial charge < -0.3 is 5.32 Å². The average molecular weight is 631 g/mol. The molecule has 0 heterocycles. The Morgan fingerprint density at radius 1 is 1.20 bits per heavy atom. The molecule has 1 N–H and O–H groups in total. The molecule has 0 aliphatic rings. The summed E-state index contributed by atoms with van der Waals surface area (Å²) in [7, 11) is 0. The molecule has 20 heavy (non-hydrogen) atoms. The molecule has 1 amide bonds. The van der Waals surface area contributed by atoms with Crippen molar-refractivity contribution in [3.63, 3.8) is 0 Å². The smallest absolute Gasteiger partial charge is 0.254 e. The van der Waals surface area contributed by atoms with Crippen LogP contribution in [0.25, 0.3) is 0 Å². The number of halogens is 4.